The van der Waals surface area contributed by atoms with Gasteiger partial charge in [0.1, 0.15) is 11.7 Å². The molecule has 3 rings (SSSR count). The second-order valence-electron chi connectivity index (χ2n) is 6.76. The third-order valence-electron chi connectivity index (χ3n) is 4.90. The Morgan fingerprint density at radius 3 is 2.42 bits per heavy atom. The predicted molar refractivity (Wildman–Crippen MR) is 99.3 cm³/mol. The minimum absolute atomic E-state index is 0.154. The van der Waals surface area contributed by atoms with Crippen LogP contribution in [0.25, 0.3) is 0 Å². The van der Waals surface area contributed by atoms with E-state index >= 15 is 0 Å². The van der Waals surface area contributed by atoms with Crippen molar-refractivity contribution in [3.8, 4) is 5.75 Å². The highest BCUT2D eigenvalue weighted by Gasteiger charge is 2.66. The van der Waals surface area contributed by atoms with Gasteiger partial charge in [-0.1, -0.05) is 12.1 Å². The first-order valence-electron chi connectivity index (χ1n) is 8.78. The molecule has 164 valence electrons. The number of ketones is 1. The maximum absolute atomic E-state index is 13.9. The number of nitrogens with zero attached hydrogens (tertiary/aromatic N) is 1. The Morgan fingerprint density at radius 1 is 1.23 bits per heavy atom. The number of halogens is 3. The van der Waals surface area contributed by atoms with E-state index in [-0.39, 0.29) is 11.1 Å². The predicted octanol–water partition coefficient (Wildman–Crippen LogP) is 2.71. The molecule has 1 aliphatic heterocycles. The van der Waals surface area contributed by atoms with Gasteiger partial charge in [-0.3, -0.25) is 14.9 Å². The highest BCUT2D eigenvalue weighted by Crippen LogP contribution is 2.44. The number of methoxy groups -OCH3 is 1. The molecule has 0 aliphatic carbocycles. The molecule has 0 spiro atoms. The smallest absolute Gasteiger partial charge is 0.437 e. The summed E-state index contributed by atoms with van der Waals surface area (Å²) in [5, 5.41) is 25.2. The monoisotopic (exact) mass is 439 g/mol. The lowest BCUT2D eigenvalue weighted by atomic mass is 9.77. The van der Waals surface area contributed by atoms with Crippen molar-refractivity contribution in [1.29, 1.82) is 0 Å². The number of benzene rings is 2. The van der Waals surface area contributed by atoms with Crippen LogP contribution in [-0.2, 0) is 0 Å². The largest absolute Gasteiger partial charge is 0.497 e. The van der Waals surface area contributed by atoms with Gasteiger partial charge in [0.05, 0.1) is 18.1 Å². The topological polar surface area (TPSA) is 131 Å². The number of aliphatic hydroxyl groups is 1. The van der Waals surface area contributed by atoms with E-state index in [1.807, 2.05) is 0 Å². The molecule has 3 atom stereocenters. The number of alkyl halides is 3. The molecule has 0 saturated carbocycles. The van der Waals surface area contributed by atoms with Gasteiger partial charge in [0.25, 0.3) is 5.69 Å². The van der Waals surface area contributed by atoms with Crippen molar-refractivity contribution in [1.82, 2.24) is 10.6 Å². The van der Waals surface area contributed by atoms with Crippen molar-refractivity contribution in [2.24, 2.45) is 5.92 Å². The SMILES string of the molecule is COc1ccc(C(=O)[C@@H]2[C@@H](c3cccc([N+](=O)[O-])c3)NC(=O)N[C@@]2(O)C(F)(F)F)cc1. The molecule has 9 nitrogen and oxygen atoms in total. The van der Waals surface area contributed by atoms with Crippen molar-refractivity contribution in [3.63, 3.8) is 0 Å². The summed E-state index contributed by atoms with van der Waals surface area (Å²) in [6.07, 6.45) is -5.43. The number of amides is 2. The van der Waals surface area contributed by atoms with Gasteiger partial charge >= 0.3 is 12.2 Å². The molecule has 0 unspecified atom stereocenters. The molecule has 2 amide bonds. The number of ether oxygens (including phenoxy) is 1. The third kappa shape index (κ3) is 4.01. The number of nitrogens with one attached hydrogen (secondary N) is 2. The van der Waals surface area contributed by atoms with E-state index < -0.39 is 46.3 Å². The number of urea groups is 1. The van der Waals surface area contributed by atoms with Crippen LogP contribution in [0.4, 0.5) is 23.7 Å². The molecule has 1 aliphatic rings. The molecule has 3 N–H and O–H groups in total. The van der Waals surface area contributed by atoms with Gasteiger partial charge in [0.2, 0.25) is 5.72 Å². The van der Waals surface area contributed by atoms with Crippen LogP contribution >= 0.6 is 0 Å². The number of non-ortho nitro benzene ring substituents is 1. The minimum Gasteiger partial charge on any atom is -0.497 e. The Morgan fingerprint density at radius 2 is 1.87 bits per heavy atom. The summed E-state index contributed by atoms with van der Waals surface area (Å²) >= 11 is 0. The lowest BCUT2D eigenvalue weighted by Gasteiger charge is -2.45. The van der Waals surface area contributed by atoms with E-state index in [4.69, 9.17) is 4.74 Å². The van der Waals surface area contributed by atoms with Crippen LogP contribution in [0.1, 0.15) is 22.0 Å². The van der Waals surface area contributed by atoms with Gasteiger partial charge in [-0.2, -0.15) is 13.2 Å². The number of rotatable bonds is 5. The van der Waals surface area contributed by atoms with E-state index in [0.717, 1.165) is 12.1 Å². The van der Waals surface area contributed by atoms with Crippen molar-refractivity contribution < 1.29 is 37.5 Å². The van der Waals surface area contributed by atoms with Crippen molar-refractivity contribution >= 4 is 17.5 Å². The summed E-state index contributed by atoms with van der Waals surface area (Å²) in [7, 11) is 1.36. The fraction of sp³-hybridized carbons (Fsp3) is 0.263. The summed E-state index contributed by atoms with van der Waals surface area (Å²) in [5.74, 6) is -3.10. The maximum Gasteiger partial charge on any atom is 0.437 e. The molecule has 0 bridgehead atoms. The van der Waals surface area contributed by atoms with Gasteiger partial charge in [-0.25, -0.2) is 4.79 Å². The number of Topliss-reactive ketones (excluding diaryl/α,β-unsaturated/α-hetero) is 1. The first-order chi connectivity index (χ1) is 14.5. The fourth-order valence-corrected chi connectivity index (χ4v) is 3.38. The van der Waals surface area contributed by atoms with Crippen LogP contribution in [0.2, 0.25) is 0 Å². The molecule has 31 heavy (non-hydrogen) atoms. The van der Waals surface area contributed by atoms with Gasteiger partial charge in [0, 0.05) is 17.7 Å². The molecular formula is C19H16F3N3O6. The molecule has 2 aromatic rings. The Hall–Kier alpha value is -3.67. The number of carbonyl (C=O) groups is 2. The van der Waals surface area contributed by atoms with Gasteiger partial charge in [0.15, 0.2) is 5.78 Å². The Balaban J connectivity index is 2.16. The van der Waals surface area contributed by atoms with Crippen LogP contribution in [-0.4, -0.2) is 40.9 Å². The lowest BCUT2D eigenvalue weighted by Crippen LogP contribution is -2.72. The second-order valence-corrected chi connectivity index (χ2v) is 6.76. The number of nitro groups is 1. The number of hydrogen-bond donors (Lipinski definition) is 3. The number of nitro benzene ring substituents is 1. The van der Waals surface area contributed by atoms with Crippen LogP contribution in [0.15, 0.2) is 48.5 Å². The van der Waals surface area contributed by atoms with Crippen molar-refractivity contribution in [2.75, 3.05) is 7.11 Å². The van der Waals surface area contributed by atoms with Crippen LogP contribution in [0.3, 0.4) is 0 Å². The molecule has 1 fully saturated rings. The van der Waals surface area contributed by atoms with E-state index in [0.29, 0.717) is 5.75 Å². The van der Waals surface area contributed by atoms with Gasteiger partial charge in [-0.15, -0.1) is 0 Å². The molecule has 1 saturated heterocycles. The van der Waals surface area contributed by atoms with E-state index in [1.165, 1.54) is 48.8 Å². The molecule has 12 heteroatoms. The highest BCUT2D eigenvalue weighted by atomic mass is 19.4. The average molecular weight is 439 g/mol. The zero-order chi connectivity index (χ0) is 23.0. The van der Waals surface area contributed by atoms with Gasteiger partial charge < -0.3 is 20.5 Å². The van der Waals surface area contributed by atoms with E-state index in [1.54, 1.807) is 0 Å². The fourth-order valence-electron chi connectivity index (χ4n) is 3.38. The molecular weight excluding hydrogens is 423 g/mol. The second kappa shape index (κ2) is 7.87. The third-order valence-corrected chi connectivity index (χ3v) is 4.90. The number of hydrogen-bond acceptors (Lipinski definition) is 6. The zero-order valence-corrected chi connectivity index (χ0v) is 15.8. The summed E-state index contributed by atoms with van der Waals surface area (Å²) in [6.45, 7) is 0. The summed E-state index contributed by atoms with van der Waals surface area (Å²) in [5.41, 5.74) is -4.74. The normalized spacial score (nSPS) is 23.5. The van der Waals surface area contributed by atoms with Crippen LogP contribution in [0, 0.1) is 16.0 Å². The van der Waals surface area contributed by atoms with Crippen molar-refractivity contribution in [2.45, 2.75) is 17.9 Å². The first kappa shape index (κ1) is 22.0. The first-order valence-corrected chi connectivity index (χ1v) is 8.78. The summed E-state index contributed by atoms with van der Waals surface area (Å²) < 4.78 is 46.6. The standard InChI is InChI=1S/C19H16F3N3O6/c1-31-13-7-5-10(6-8-13)16(26)14-15(11-3-2-4-12(9-11)25(29)30)23-17(27)24-18(14,28)19(20,21)22/h2-9,14-15,28H,1H3,(H2,23,24,27)/t14-,15+,18-/m0/s1. The Kier molecular flexibility index (Phi) is 5.59. The summed E-state index contributed by atoms with van der Waals surface area (Å²) in [4.78, 5) is 35.4. The molecule has 0 aromatic heterocycles. The molecule has 2 aromatic carbocycles. The van der Waals surface area contributed by atoms with Gasteiger partial charge in [-0.05, 0) is 29.8 Å². The molecule has 0 radical (unpaired) electrons. The quantitative estimate of drug-likeness (QED) is 0.373. The van der Waals surface area contributed by atoms with E-state index in [2.05, 4.69) is 5.32 Å². The maximum atomic E-state index is 13.9. The number of carbonyl (C=O) groups excluding carboxylic acids is 2. The highest BCUT2D eigenvalue weighted by molar-refractivity contribution is 6.00. The zero-order valence-electron chi connectivity index (χ0n) is 15.8. The summed E-state index contributed by atoms with van der Waals surface area (Å²) in [6, 6.07) is 6.44. The Bertz CT molecular complexity index is 1030. The van der Waals surface area contributed by atoms with E-state index in [9.17, 15) is 38.0 Å². The van der Waals surface area contributed by atoms with Crippen molar-refractivity contribution in [3.05, 3.63) is 69.8 Å². The lowest BCUT2D eigenvalue weighted by molar-refractivity contribution is -0.385. The average Bonchev–Trinajstić information content (AvgIpc) is 2.72. The Labute approximate surface area is 173 Å². The minimum atomic E-state index is -5.43. The van der Waals surface area contributed by atoms with Crippen LogP contribution < -0.4 is 15.4 Å². The van der Waals surface area contributed by atoms with Crippen LogP contribution in [0.5, 0.6) is 5.75 Å². The molecule has 1 heterocycles.